The maximum Gasteiger partial charge on any atom is 0.234 e. The average Bonchev–Trinajstić information content (AvgIpc) is 2.78. The summed E-state index contributed by atoms with van der Waals surface area (Å²) in [5.74, 6) is -0.199. The zero-order valence-electron chi connectivity index (χ0n) is 18.3. The SMILES string of the molecule is CCN(CC1[S+]([O-])N(C)C(=N)N[C@@]12Cc1ccc(NC=O)cc12)S(=O)(=O)Cc1cccnc1. The van der Waals surface area contributed by atoms with Gasteiger partial charge in [-0.05, 0) is 34.9 Å². The van der Waals surface area contributed by atoms with E-state index in [1.165, 1.54) is 14.8 Å². The van der Waals surface area contributed by atoms with Gasteiger partial charge < -0.3 is 15.2 Å². The van der Waals surface area contributed by atoms with E-state index in [0.717, 1.165) is 11.1 Å². The Morgan fingerprint density at radius 2 is 2.24 bits per heavy atom. The summed E-state index contributed by atoms with van der Waals surface area (Å²) < 4.78 is 42.6. The van der Waals surface area contributed by atoms with Crippen LogP contribution in [0.15, 0.2) is 42.7 Å². The maximum absolute atomic E-state index is 13.5. The molecule has 1 aromatic heterocycles. The van der Waals surface area contributed by atoms with E-state index in [-0.39, 0.29) is 24.8 Å². The van der Waals surface area contributed by atoms with Crippen LogP contribution in [0, 0.1) is 5.41 Å². The Hall–Kier alpha value is -2.67. The zero-order valence-corrected chi connectivity index (χ0v) is 19.9. The molecule has 3 atom stereocenters. The molecule has 1 fully saturated rings. The number of nitrogens with one attached hydrogen (secondary N) is 3. The fourth-order valence-corrected chi connectivity index (χ4v) is 7.61. The van der Waals surface area contributed by atoms with Crippen LogP contribution in [-0.2, 0) is 43.9 Å². The summed E-state index contributed by atoms with van der Waals surface area (Å²) in [6.07, 6.45) is 4.18. The van der Waals surface area contributed by atoms with Gasteiger partial charge in [-0.25, -0.2) is 8.42 Å². The molecule has 3 N–H and O–H groups in total. The number of pyridine rings is 1. The van der Waals surface area contributed by atoms with E-state index in [0.29, 0.717) is 24.1 Å². The van der Waals surface area contributed by atoms with Gasteiger partial charge in [0.15, 0.2) is 5.25 Å². The van der Waals surface area contributed by atoms with Crippen molar-refractivity contribution in [2.75, 3.05) is 25.5 Å². The van der Waals surface area contributed by atoms with Crippen LogP contribution in [0.25, 0.3) is 0 Å². The minimum atomic E-state index is -3.71. The number of benzene rings is 1. The normalized spacial score (nSPS) is 24.2. The molecule has 2 unspecified atom stereocenters. The fraction of sp³-hybridized carbons (Fsp3) is 0.381. The molecular weight excluding hydrogens is 464 g/mol. The van der Waals surface area contributed by atoms with Crippen molar-refractivity contribution in [2.24, 2.45) is 0 Å². The Morgan fingerprint density at radius 1 is 1.45 bits per heavy atom. The molecule has 1 spiro atoms. The van der Waals surface area contributed by atoms with Gasteiger partial charge in [0.2, 0.25) is 22.4 Å². The number of hydrogen-bond donors (Lipinski definition) is 3. The fourth-order valence-electron chi connectivity index (χ4n) is 4.44. The first-order valence-electron chi connectivity index (χ1n) is 10.4. The quantitative estimate of drug-likeness (QED) is 0.366. The zero-order chi connectivity index (χ0) is 23.8. The highest BCUT2D eigenvalue weighted by Gasteiger charge is 2.60. The molecule has 2 aromatic rings. The Bertz CT molecular complexity index is 1160. The predicted molar refractivity (Wildman–Crippen MR) is 126 cm³/mol. The maximum atomic E-state index is 13.5. The van der Waals surface area contributed by atoms with Gasteiger partial charge in [-0.1, -0.05) is 19.1 Å². The molecule has 0 saturated carbocycles. The third-order valence-corrected chi connectivity index (χ3v) is 9.84. The van der Waals surface area contributed by atoms with Crippen molar-refractivity contribution in [3.05, 3.63) is 59.4 Å². The Labute approximate surface area is 196 Å². The van der Waals surface area contributed by atoms with E-state index in [1.807, 2.05) is 6.07 Å². The summed E-state index contributed by atoms with van der Waals surface area (Å²) in [4.78, 5) is 14.9. The van der Waals surface area contributed by atoms with E-state index in [4.69, 9.17) is 5.41 Å². The van der Waals surface area contributed by atoms with Crippen LogP contribution in [0.5, 0.6) is 0 Å². The Kier molecular flexibility index (Phi) is 6.36. The van der Waals surface area contributed by atoms with Crippen LogP contribution in [0.2, 0.25) is 0 Å². The van der Waals surface area contributed by atoms with E-state index in [9.17, 15) is 17.8 Å². The number of fused-ring (bicyclic) bond motifs is 2. The van der Waals surface area contributed by atoms with Crippen LogP contribution in [0.1, 0.15) is 23.6 Å². The second-order valence-electron chi connectivity index (χ2n) is 8.09. The monoisotopic (exact) mass is 490 g/mol. The molecule has 0 radical (unpaired) electrons. The lowest BCUT2D eigenvalue weighted by Gasteiger charge is -2.54. The summed E-state index contributed by atoms with van der Waals surface area (Å²) in [6.45, 7) is 1.98. The smallest absolute Gasteiger partial charge is 0.234 e. The average molecular weight is 491 g/mol. The van der Waals surface area contributed by atoms with E-state index >= 15 is 0 Å². The minimum Gasteiger partial charge on any atom is -0.593 e. The number of guanidine groups is 1. The first-order chi connectivity index (χ1) is 15.7. The molecule has 1 amide bonds. The van der Waals surface area contributed by atoms with Crippen LogP contribution in [-0.4, -0.2) is 64.3 Å². The molecule has 12 heteroatoms. The van der Waals surface area contributed by atoms with Crippen LogP contribution in [0.3, 0.4) is 0 Å². The highest BCUT2D eigenvalue weighted by Crippen LogP contribution is 2.47. The molecule has 1 aliphatic carbocycles. The number of sulfonamides is 1. The molecule has 33 heavy (non-hydrogen) atoms. The van der Waals surface area contributed by atoms with Gasteiger partial charge in [0.25, 0.3) is 0 Å². The Morgan fingerprint density at radius 3 is 2.91 bits per heavy atom. The first-order valence-corrected chi connectivity index (χ1v) is 13.2. The van der Waals surface area contributed by atoms with Crippen LogP contribution >= 0.6 is 0 Å². The van der Waals surface area contributed by atoms with Crippen molar-refractivity contribution in [1.82, 2.24) is 18.9 Å². The minimum absolute atomic E-state index is 0.00486. The van der Waals surface area contributed by atoms with Crippen molar-refractivity contribution >= 4 is 39.4 Å². The van der Waals surface area contributed by atoms with Gasteiger partial charge in [-0.15, -0.1) is 0 Å². The second kappa shape index (κ2) is 8.93. The van der Waals surface area contributed by atoms with Crippen LogP contribution < -0.4 is 10.6 Å². The summed E-state index contributed by atoms with van der Waals surface area (Å²) >= 11 is -1.65. The number of carbonyl (C=O) groups is 1. The third kappa shape index (κ3) is 4.19. The number of aromatic nitrogens is 1. The van der Waals surface area contributed by atoms with Gasteiger partial charge in [-0.2, -0.15) is 8.61 Å². The lowest BCUT2D eigenvalue weighted by Crippen LogP contribution is -2.73. The van der Waals surface area contributed by atoms with Gasteiger partial charge in [0.05, 0.1) is 30.7 Å². The standard InChI is InChI=1S/C21H26N6O4S2/c1-3-27(33(30,31)13-15-5-4-8-23-11-15)12-19-21(25-20(22)26(2)32(19)29)10-16-6-7-17(24-14-28)9-18(16)21/h4-9,11,14,19H,3,10,12-13H2,1-2H3,(H2,22,25)(H,24,28)/t19?,21-,32?/m1/s1. The molecule has 1 saturated heterocycles. The number of amides is 1. The van der Waals surface area contributed by atoms with Crippen molar-refractivity contribution in [3.63, 3.8) is 0 Å². The number of rotatable bonds is 8. The van der Waals surface area contributed by atoms with Crippen LogP contribution in [0.4, 0.5) is 5.69 Å². The molecular formula is C21H26N6O4S2. The highest BCUT2D eigenvalue weighted by molar-refractivity contribution is 7.90. The summed E-state index contributed by atoms with van der Waals surface area (Å²) in [5, 5.41) is 13.5. The largest absolute Gasteiger partial charge is 0.593 e. The molecule has 1 aromatic carbocycles. The molecule has 1 aliphatic heterocycles. The molecule has 2 aliphatic rings. The lowest BCUT2D eigenvalue weighted by atomic mass is 9.68. The van der Waals surface area contributed by atoms with Crippen molar-refractivity contribution in [2.45, 2.75) is 29.9 Å². The molecule has 4 rings (SSSR count). The van der Waals surface area contributed by atoms with Crippen molar-refractivity contribution < 1.29 is 17.8 Å². The molecule has 176 valence electrons. The highest BCUT2D eigenvalue weighted by atomic mass is 32.2. The van der Waals surface area contributed by atoms with E-state index in [2.05, 4.69) is 15.6 Å². The number of hydrogen-bond acceptors (Lipinski definition) is 6. The van der Waals surface area contributed by atoms with Gasteiger partial charge in [0.1, 0.15) is 5.54 Å². The molecule has 2 heterocycles. The third-order valence-electron chi connectivity index (χ3n) is 6.19. The first kappa shape index (κ1) is 23.5. The number of anilines is 1. The molecule has 10 nitrogen and oxygen atoms in total. The lowest BCUT2D eigenvalue weighted by molar-refractivity contribution is -0.105. The Balaban J connectivity index is 1.68. The second-order valence-corrected chi connectivity index (χ2v) is 11.7. The van der Waals surface area contributed by atoms with Gasteiger partial charge >= 0.3 is 0 Å². The number of carbonyl (C=O) groups excluding carboxylic acids is 1. The molecule has 0 bridgehead atoms. The van der Waals surface area contributed by atoms with Crippen molar-refractivity contribution in [3.8, 4) is 0 Å². The van der Waals surface area contributed by atoms with E-state index < -0.39 is 32.2 Å². The van der Waals surface area contributed by atoms with Gasteiger partial charge in [0, 0.05) is 31.0 Å². The number of nitrogens with zero attached hydrogens (tertiary/aromatic N) is 3. The summed E-state index contributed by atoms with van der Waals surface area (Å²) in [6, 6.07) is 8.85. The summed E-state index contributed by atoms with van der Waals surface area (Å²) in [5.41, 5.74) is 2.09. The summed E-state index contributed by atoms with van der Waals surface area (Å²) in [7, 11) is -2.16. The van der Waals surface area contributed by atoms with E-state index in [1.54, 1.807) is 44.4 Å². The topological polar surface area (TPSA) is 142 Å². The predicted octanol–water partition coefficient (Wildman–Crippen LogP) is 0.755. The van der Waals surface area contributed by atoms with Gasteiger partial charge in [-0.3, -0.25) is 15.2 Å². The van der Waals surface area contributed by atoms with Crippen molar-refractivity contribution in [1.29, 1.82) is 5.41 Å².